The van der Waals surface area contributed by atoms with Gasteiger partial charge in [0.25, 0.3) is 0 Å². The molecule has 1 aromatic carbocycles. The summed E-state index contributed by atoms with van der Waals surface area (Å²) in [6, 6.07) is 9.83. The third-order valence-corrected chi connectivity index (χ3v) is 2.90. The summed E-state index contributed by atoms with van der Waals surface area (Å²) in [6.45, 7) is 4.23. The molecule has 86 valence electrons. The van der Waals surface area contributed by atoms with E-state index in [2.05, 4.69) is 0 Å². The van der Waals surface area contributed by atoms with E-state index in [0.717, 1.165) is 11.3 Å². The van der Waals surface area contributed by atoms with Gasteiger partial charge in [-0.1, -0.05) is 43.0 Å². The molecule has 0 saturated heterocycles. The Labute approximate surface area is 101 Å². The number of ether oxygens (including phenoxy) is 1. The van der Waals surface area contributed by atoms with Gasteiger partial charge >= 0.3 is 5.97 Å². The van der Waals surface area contributed by atoms with Crippen molar-refractivity contribution in [1.29, 1.82) is 0 Å². The lowest BCUT2D eigenvalue weighted by atomic mass is 10.4. The normalized spacial score (nSPS) is 11.2. The van der Waals surface area contributed by atoms with E-state index in [9.17, 15) is 4.79 Å². The number of hydrogen-bond donors (Lipinski definition) is 0. The average Bonchev–Trinajstić information content (AvgIpc) is 2.30. The van der Waals surface area contributed by atoms with Crippen molar-refractivity contribution < 1.29 is 9.53 Å². The number of rotatable bonds is 5. The number of esters is 1. The van der Waals surface area contributed by atoms with Crippen LogP contribution in [0.1, 0.15) is 20.3 Å². The standard InChI is InChI=1S/C13H16O2S/c1-3-8-12(13(14)15-4-2)16-11-9-6-5-7-10-11/h5-10H,3-4H2,1-2H3/b12-8+. The van der Waals surface area contributed by atoms with Gasteiger partial charge in [0, 0.05) is 4.90 Å². The highest BCUT2D eigenvalue weighted by Gasteiger charge is 2.11. The average molecular weight is 236 g/mol. The third kappa shape index (κ3) is 4.11. The van der Waals surface area contributed by atoms with Crippen molar-refractivity contribution in [3.05, 3.63) is 41.3 Å². The van der Waals surface area contributed by atoms with Gasteiger partial charge in [-0.25, -0.2) is 4.79 Å². The van der Waals surface area contributed by atoms with Crippen molar-refractivity contribution in [2.45, 2.75) is 25.2 Å². The molecule has 0 aliphatic carbocycles. The lowest BCUT2D eigenvalue weighted by molar-refractivity contribution is -0.137. The molecular formula is C13H16O2S. The molecule has 16 heavy (non-hydrogen) atoms. The molecule has 0 heterocycles. The second-order valence-corrected chi connectivity index (χ2v) is 4.23. The Bertz CT molecular complexity index is 357. The Morgan fingerprint density at radius 1 is 1.31 bits per heavy atom. The van der Waals surface area contributed by atoms with Gasteiger partial charge in [0.05, 0.1) is 11.5 Å². The number of carbonyl (C=O) groups excluding carboxylic acids is 1. The van der Waals surface area contributed by atoms with Gasteiger partial charge < -0.3 is 4.74 Å². The van der Waals surface area contributed by atoms with Crippen LogP contribution in [0.4, 0.5) is 0 Å². The zero-order chi connectivity index (χ0) is 11.8. The van der Waals surface area contributed by atoms with E-state index >= 15 is 0 Å². The fourth-order valence-corrected chi connectivity index (χ4v) is 2.11. The smallest absolute Gasteiger partial charge is 0.344 e. The summed E-state index contributed by atoms with van der Waals surface area (Å²) in [4.78, 5) is 13.3. The molecule has 0 atom stereocenters. The van der Waals surface area contributed by atoms with Crippen molar-refractivity contribution >= 4 is 17.7 Å². The highest BCUT2D eigenvalue weighted by atomic mass is 32.2. The minimum absolute atomic E-state index is 0.238. The Balaban J connectivity index is 2.73. The van der Waals surface area contributed by atoms with Crippen molar-refractivity contribution in [2.24, 2.45) is 0 Å². The molecule has 0 fully saturated rings. The molecular weight excluding hydrogens is 220 g/mol. The maximum Gasteiger partial charge on any atom is 0.344 e. The van der Waals surface area contributed by atoms with Crippen LogP contribution < -0.4 is 0 Å². The number of thioether (sulfide) groups is 1. The zero-order valence-electron chi connectivity index (χ0n) is 9.60. The molecule has 0 aromatic heterocycles. The number of benzene rings is 1. The molecule has 0 bridgehead atoms. The van der Waals surface area contributed by atoms with E-state index in [1.165, 1.54) is 11.8 Å². The lowest BCUT2D eigenvalue weighted by Crippen LogP contribution is -2.05. The molecule has 0 N–H and O–H groups in total. The largest absolute Gasteiger partial charge is 0.462 e. The summed E-state index contributed by atoms with van der Waals surface area (Å²) in [6.07, 6.45) is 2.73. The first kappa shape index (κ1) is 12.8. The van der Waals surface area contributed by atoms with E-state index in [1.54, 1.807) is 0 Å². The summed E-state index contributed by atoms with van der Waals surface area (Å²) < 4.78 is 5.00. The van der Waals surface area contributed by atoms with Crippen molar-refractivity contribution in [3.63, 3.8) is 0 Å². The van der Waals surface area contributed by atoms with Gasteiger partial charge in [0.2, 0.25) is 0 Å². The van der Waals surface area contributed by atoms with Gasteiger partial charge in [0.15, 0.2) is 0 Å². The van der Waals surface area contributed by atoms with Crippen LogP contribution >= 0.6 is 11.8 Å². The second kappa shape index (κ2) is 7.12. The van der Waals surface area contributed by atoms with Crippen LogP contribution in [-0.4, -0.2) is 12.6 Å². The summed E-state index contributed by atoms with van der Waals surface area (Å²) in [5, 5.41) is 0. The van der Waals surface area contributed by atoms with Gasteiger partial charge in [-0.2, -0.15) is 0 Å². The Morgan fingerprint density at radius 2 is 2.00 bits per heavy atom. The fraction of sp³-hybridized carbons (Fsp3) is 0.308. The van der Waals surface area contributed by atoms with Crippen LogP contribution in [0.15, 0.2) is 46.2 Å². The third-order valence-electron chi connectivity index (χ3n) is 1.84. The van der Waals surface area contributed by atoms with E-state index in [0.29, 0.717) is 11.5 Å². The topological polar surface area (TPSA) is 26.3 Å². The Hall–Kier alpha value is -1.22. The quantitative estimate of drug-likeness (QED) is 0.443. The van der Waals surface area contributed by atoms with Crippen molar-refractivity contribution in [3.8, 4) is 0 Å². The van der Waals surface area contributed by atoms with Gasteiger partial charge in [-0.05, 0) is 25.5 Å². The molecule has 0 radical (unpaired) electrons. The van der Waals surface area contributed by atoms with Crippen molar-refractivity contribution in [1.82, 2.24) is 0 Å². The van der Waals surface area contributed by atoms with Crippen LogP contribution in [0.2, 0.25) is 0 Å². The fourth-order valence-electron chi connectivity index (χ4n) is 1.17. The van der Waals surface area contributed by atoms with Crippen LogP contribution in [0.5, 0.6) is 0 Å². The molecule has 0 spiro atoms. The van der Waals surface area contributed by atoms with Crippen LogP contribution in [0.3, 0.4) is 0 Å². The first-order valence-electron chi connectivity index (χ1n) is 5.38. The van der Waals surface area contributed by atoms with E-state index in [4.69, 9.17) is 4.74 Å². The first-order valence-corrected chi connectivity index (χ1v) is 6.19. The summed E-state index contributed by atoms with van der Waals surface area (Å²) in [7, 11) is 0. The zero-order valence-corrected chi connectivity index (χ0v) is 10.4. The minimum atomic E-state index is -0.238. The highest BCUT2D eigenvalue weighted by Crippen LogP contribution is 2.27. The summed E-state index contributed by atoms with van der Waals surface area (Å²) in [5.41, 5.74) is 0. The summed E-state index contributed by atoms with van der Waals surface area (Å²) >= 11 is 1.45. The van der Waals surface area contributed by atoms with Crippen LogP contribution in [0.25, 0.3) is 0 Å². The van der Waals surface area contributed by atoms with Crippen LogP contribution in [0, 0.1) is 0 Å². The Morgan fingerprint density at radius 3 is 2.56 bits per heavy atom. The SMILES string of the molecule is CC/C=C(/Sc1ccccc1)C(=O)OCC. The molecule has 0 amide bonds. The number of allylic oxidation sites excluding steroid dienone is 1. The minimum Gasteiger partial charge on any atom is -0.462 e. The molecule has 0 aliphatic heterocycles. The van der Waals surface area contributed by atoms with Gasteiger partial charge in [0.1, 0.15) is 0 Å². The molecule has 0 unspecified atom stereocenters. The predicted octanol–water partition coefficient (Wildman–Crippen LogP) is 3.64. The second-order valence-electron chi connectivity index (χ2n) is 3.11. The molecule has 0 aliphatic rings. The monoisotopic (exact) mass is 236 g/mol. The van der Waals surface area contributed by atoms with Gasteiger partial charge in [-0.3, -0.25) is 0 Å². The lowest BCUT2D eigenvalue weighted by Gasteiger charge is -2.06. The molecule has 3 heteroatoms. The predicted molar refractivity (Wildman–Crippen MR) is 67.3 cm³/mol. The molecule has 0 saturated carbocycles. The number of carbonyl (C=O) groups is 1. The van der Waals surface area contributed by atoms with Crippen LogP contribution in [-0.2, 0) is 9.53 Å². The van der Waals surface area contributed by atoms with Crippen molar-refractivity contribution in [2.75, 3.05) is 6.61 Å². The summed E-state index contributed by atoms with van der Waals surface area (Å²) in [5.74, 6) is -0.238. The molecule has 2 nitrogen and oxygen atoms in total. The van der Waals surface area contributed by atoms with E-state index in [1.807, 2.05) is 50.3 Å². The van der Waals surface area contributed by atoms with Gasteiger partial charge in [-0.15, -0.1) is 0 Å². The number of hydrogen-bond acceptors (Lipinski definition) is 3. The first-order chi connectivity index (χ1) is 7.77. The van der Waals surface area contributed by atoms with E-state index < -0.39 is 0 Å². The maximum absolute atomic E-state index is 11.6. The highest BCUT2D eigenvalue weighted by molar-refractivity contribution is 8.04. The Kier molecular flexibility index (Phi) is 5.72. The maximum atomic E-state index is 11.6. The van der Waals surface area contributed by atoms with E-state index in [-0.39, 0.29) is 5.97 Å². The molecule has 1 rings (SSSR count). The molecule has 1 aromatic rings.